The maximum absolute atomic E-state index is 12.7. The molecule has 0 heterocycles. The Morgan fingerprint density at radius 3 is 1.47 bits per heavy atom. The first kappa shape index (κ1) is 56.0. The van der Waals surface area contributed by atoms with E-state index in [2.05, 4.69) is 32.1 Å². The summed E-state index contributed by atoms with van der Waals surface area (Å²) < 4.78 is 34.3. The summed E-state index contributed by atoms with van der Waals surface area (Å²) in [6, 6.07) is 0. The van der Waals surface area contributed by atoms with Gasteiger partial charge in [-0.2, -0.15) is 0 Å². The lowest BCUT2D eigenvalue weighted by molar-refractivity contribution is -0.870. The molecule has 0 fully saturated rings. The zero-order valence-electron chi connectivity index (χ0n) is 38.0. The Morgan fingerprint density at radius 2 is 0.983 bits per heavy atom. The van der Waals surface area contributed by atoms with Crippen molar-refractivity contribution in [2.45, 2.75) is 200 Å². The van der Waals surface area contributed by atoms with Gasteiger partial charge in [0.25, 0.3) is 0 Å². The molecule has 1 N–H and O–H groups in total. The second-order valence-corrected chi connectivity index (χ2v) is 18.3. The highest BCUT2D eigenvalue weighted by Gasteiger charge is 2.27. The largest absolute Gasteiger partial charge is 0.472 e. The Labute approximate surface area is 356 Å². The van der Waals surface area contributed by atoms with Gasteiger partial charge in [-0.3, -0.25) is 18.6 Å². The minimum Gasteiger partial charge on any atom is -0.462 e. The average molecular weight is 839 g/mol. The first-order chi connectivity index (χ1) is 28.0. The molecule has 0 saturated heterocycles. The van der Waals surface area contributed by atoms with Gasteiger partial charge in [0.1, 0.15) is 19.8 Å². The quantitative estimate of drug-likeness (QED) is 0.0213. The number of hydrogen-bond acceptors (Lipinski definition) is 7. The van der Waals surface area contributed by atoms with Crippen molar-refractivity contribution in [3.05, 3.63) is 48.6 Å². The summed E-state index contributed by atoms with van der Waals surface area (Å²) >= 11 is 0. The first-order valence-corrected chi connectivity index (χ1v) is 24.9. The standard InChI is InChI=1S/C48H88NO8P/c1-6-8-10-12-14-16-18-20-22-23-24-25-27-28-30-32-34-36-38-40-47(50)54-44-46(45-56-58(52,53)55-43-42-49(3,4)5)57-48(51)41-39-37-35-33-31-29-26-21-19-17-15-13-11-9-7-2/h9,11,13,15,17,19,21,26,46H,6-8,10,12,14,16,18,20,22-25,27-45H2,1-5H3/p+1/b11-9+,15-13+,19-17+,26-21+/t46-/m1/s1. The Morgan fingerprint density at radius 1 is 0.552 bits per heavy atom. The third-order valence-corrected chi connectivity index (χ3v) is 11.0. The molecule has 2 atom stereocenters. The summed E-state index contributed by atoms with van der Waals surface area (Å²) in [4.78, 5) is 35.4. The van der Waals surface area contributed by atoms with E-state index in [1.165, 1.54) is 103 Å². The number of ether oxygens (including phenoxy) is 2. The highest BCUT2D eigenvalue weighted by molar-refractivity contribution is 7.47. The van der Waals surface area contributed by atoms with E-state index in [1.54, 1.807) is 0 Å². The van der Waals surface area contributed by atoms with Crippen LogP contribution < -0.4 is 0 Å². The number of rotatable bonds is 42. The summed E-state index contributed by atoms with van der Waals surface area (Å²) in [7, 11) is 1.46. The number of likely N-dealkylation sites (N-methyl/N-ethyl adjacent to an activating group) is 1. The molecule has 0 aliphatic carbocycles. The highest BCUT2D eigenvalue weighted by Crippen LogP contribution is 2.43. The Hall–Kier alpha value is -2.03. The lowest BCUT2D eigenvalue weighted by Gasteiger charge is -2.24. The van der Waals surface area contributed by atoms with E-state index < -0.39 is 26.5 Å². The number of allylic oxidation sites excluding steroid dienone is 8. The van der Waals surface area contributed by atoms with E-state index in [-0.39, 0.29) is 32.0 Å². The molecule has 0 bridgehead atoms. The van der Waals surface area contributed by atoms with Gasteiger partial charge < -0.3 is 18.9 Å². The third-order valence-electron chi connectivity index (χ3n) is 9.97. The Bertz CT molecular complexity index is 1130. The fourth-order valence-corrected chi connectivity index (χ4v) is 7.06. The van der Waals surface area contributed by atoms with Crippen molar-refractivity contribution in [1.29, 1.82) is 0 Å². The van der Waals surface area contributed by atoms with Crippen molar-refractivity contribution in [3.8, 4) is 0 Å². The van der Waals surface area contributed by atoms with Crippen molar-refractivity contribution in [2.75, 3.05) is 47.5 Å². The molecule has 338 valence electrons. The molecule has 0 aliphatic rings. The van der Waals surface area contributed by atoms with Crippen molar-refractivity contribution in [2.24, 2.45) is 0 Å². The summed E-state index contributed by atoms with van der Waals surface area (Å²) in [6.45, 7) is 4.27. The molecule has 0 rings (SSSR count). The van der Waals surface area contributed by atoms with Gasteiger partial charge in [-0.25, -0.2) is 4.57 Å². The van der Waals surface area contributed by atoms with Gasteiger partial charge in [-0.1, -0.05) is 197 Å². The molecule has 0 spiro atoms. The normalized spacial score (nSPS) is 14.0. The van der Waals surface area contributed by atoms with E-state index in [4.69, 9.17) is 18.5 Å². The van der Waals surface area contributed by atoms with Crippen LogP contribution in [0.5, 0.6) is 0 Å². The van der Waals surface area contributed by atoms with Crippen LogP contribution in [-0.2, 0) is 32.7 Å². The molecule has 0 aliphatic heterocycles. The van der Waals surface area contributed by atoms with Crippen LogP contribution in [0.4, 0.5) is 0 Å². The molecule has 9 nitrogen and oxygen atoms in total. The van der Waals surface area contributed by atoms with Crippen LogP contribution in [0, 0.1) is 0 Å². The third kappa shape index (κ3) is 43.5. The van der Waals surface area contributed by atoms with E-state index in [0.29, 0.717) is 17.4 Å². The minimum absolute atomic E-state index is 0.0261. The van der Waals surface area contributed by atoms with E-state index >= 15 is 0 Å². The Balaban J connectivity index is 4.31. The molecule has 0 radical (unpaired) electrons. The van der Waals surface area contributed by atoms with Crippen molar-refractivity contribution in [1.82, 2.24) is 0 Å². The predicted octanol–water partition coefficient (Wildman–Crippen LogP) is 13.5. The number of carbonyl (C=O) groups is 2. The number of phosphoric acid groups is 1. The molecule has 10 heteroatoms. The highest BCUT2D eigenvalue weighted by atomic mass is 31.2. The average Bonchev–Trinajstić information content (AvgIpc) is 3.17. The number of hydrogen-bond donors (Lipinski definition) is 1. The molecule has 0 aromatic rings. The SMILES string of the molecule is CC/C=C/C=C/C=C/C=C/CCCCCCCC(=O)O[C@H](COC(=O)CCCCCCCCCCCCCCCCCCCCC)COP(=O)(O)OCC[N+](C)(C)C. The maximum atomic E-state index is 12.7. The molecule has 58 heavy (non-hydrogen) atoms. The van der Waals surface area contributed by atoms with Crippen LogP contribution in [0.3, 0.4) is 0 Å². The van der Waals surface area contributed by atoms with Crippen molar-refractivity contribution in [3.63, 3.8) is 0 Å². The lowest BCUT2D eigenvalue weighted by Crippen LogP contribution is -2.37. The van der Waals surface area contributed by atoms with Crippen LogP contribution in [0.25, 0.3) is 0 Å². The topological polar surface area (TPSA) is 108 Å². The van der Waals surface area contributed by atoms with Crippen LogP contribution >= 0.6 is 7.82 Å². The summed E-state index contributed by atoms with van der Waals surface area (Å²) in [5.41, 5.74) is 0. The van der Waals surface area contributed by atoms with Gasteiger partial charge in [-0.05, 0) is 32.1 Å². The number of carbonyl (C=O) groups excluding carboxylic acids is 2. The molecule has 0 saturated carbocycles. The number of phosphoric ester groups is 1. The van der Waals surface area contributed by atoms with Crippen LogP contribution in [0.1, 0.15) is 194 Å². The second-order valence-electron chi connectivity index (χ2n) is 16.9. The summed E-state index contributed by atoms with van der Waals surface area (Å²) in [5.74, 6) is -0.821. The van der Waals surface area contributed by atoms with Crippen LogP contribution in [-0.4, -0.2) is 74.9 Å². The summed E-state index contributed by atoms with van der Waals surface area (Å²) in [6.07, 6.45) is 47.3. The van der Waals surface area contributed by atoms with E-state index in [9.17, 15) is 19.0 Å². The van der Waals surface area contributed by atoms with Gasteiger partial charge >= 0.3 is 19.8 Å². The Kier molecular flexibility index (Phi) is 39.0. The van der Waals surface area contributed by atoms with Crippen molar-refractivity contribution >= 4 is 19.8 Å². The van der Waals surface area contributed by atoms with Crippen molar-refractivity contribution < 1.29 is 42.1 Å². The van der Waals surface area contributed by atoms with Gasteiger partial charge in [0.05, 0.1) is 27.7 Å². The maximum Gasteiger partial charge on any atom is 0.472 e. The monoisotopic (exact) mass is 839 g/mol. The second kappa shape index (κ2) is 40.4. The molecule has 0 amide bonds. The zero-order chi connectivity index (χ0) is 42.8. The smallest absolute Gasteiger partial charge is 0.462 e. The molecule has 0 aromatic heterocycles. The van der Waals surface area contributed by atoms with Gasteiger partial charge in [-0.15, -0.1) is 0 Å². The summed E-state index contributed by atoms with van der Waals surface area (Å²) in [5, 5.41) is 0. The number of quaternary nitrogens is 1. The van der Waals surface area contributed by atoms with E-state index in [1.807, 2.05) is 51.5 Å². The fraction of sp³-hybridized carbons (Fsp3) is 0.792. The molecule has 1 unspecified atom stereocenters. The molecular formula is C48H89NO8P+. The van der Waals surface area contributed by atoms with Crippen LogP contribution in [0.15, 0.2) is 48.6 Å². The molecule has 0 aromatic carbocycles. The molecular weight excluding hydrogens is 750 g/mol. The van der Waals surface area contributed by atoms with Gasteiger partial charge in [0.2, 0.25) is 0 Å². The lowest BCUT2D eigenvalue weighted by atomic mass is 10.0. The number of nitrogens with zero attached hydrogens (tertiary/aromatic N) is 1. The number of unbranched alkanes of at least 4 members (excludes halogenated alkanes) is 23. The zero-order valence-corrected chi connectivity index (χ0v) is 38.9. The minimum atomic E-state index is -4.38. The van der Waals surface area contributed by atoms with Crippen LogP contribution in [0.2, 0.25) is 0 Å². The van der Waals surface area contributed by atoms with E-state index in [0.717, 1.165) is 57.8 Å². The fourth-order valence-electron chi connectivity index (χ4n) is 6.32. The first-order valence-electron chi connectivity index (χ1n) is 23.4. The van der Waals surface area contributed by atoms with Gasteiger partial charge in [0.15, 0.2) is 6.10 Å². The number of esters is 2. The predicted molar refractivity (Wildman–Crippen MR) is 243 cm³/mol. The van der Waals surface area contributed by atoms with Gasteiger partial charge in [0, 0.05) is 12.8 Å².